The maximum absolute atomic E-state index is 13.5. The van der Waals surface area contributed by atoms with Crippen LogP contribution in [0.1, 0.15) is 62.1 Å². The first kappa shape index (κ1) is 42.6. The van der Waals surface area contributed by atoms with Crippen LogP contribution in [0.25, 0.3) is 0 Å². The van der Waals surface area contributed by atoms with Crippen molar-refractivity contribution in [1.82, 2.24) is 0 Å². The van der Waals surface area contributed by atoms with Gasteiger partial charge < -0.3 is 46.6 Å². The minimum absolute atomic E-state index is 0.320. The fourth-order valence-electron chi connectivity index (χ4n) is 4.65. The van der Waals surface area contributed by atoms with Crippen molar-refractivity contribution in [3.63, 3.8) is 0 Å². The fraction of sp³-hybridized carbons (Fsp3) is 0. The zero-order valence-corrected chi connectivity index (χ0v) is 29.8. The first-order valence-corrected chi connectivity index (χ1v) is 18.7. The molecule has 27 heteroatoms. The van der Waals surface area contributed by atoms with Gasteiger partial charge in [-0.2, -0.15) is 25.3 Å². The summed E-state index contributed by atoms with van der Waals surface area (Å²) in [5, 5.41) is 65.1. The molecule has 0 aliphatic carbocycles. The largest absolute Gasteiger partial charge is 0.505 e. The smallest absolute Gasteiger partial charge is 0.339 e. The second-order valence-corrected chi connectivity index (χ2v) is 15.4. The van der Waals surface area contributed by atoms with E-state index in [1.54, 1.807) is 0 Å². The molecular formula is C30H21N3O21S3. The van der Waals surface area contributed by atoms with Gasteiger partial charge in [-0.15, -0.1) is 0 Å². The summed E-state index contributed by atoms with van der Waals surface area (Å²) in [4.78, 5) is 71.9. The molecule has 0 saturated heterocycles. The van der Waals surface area contributed by atoms with Crippen molar-refractivity contribution in [3.05, 3.63) is 88.0 Å². The van der Waals surface area contributed by atoms with Crippen molar-refractivity contribution < 1.29 is 98.3 Å². The third kappa shape index (κ3) is 9.38. The molecule has 57 heavy (non-hydrogen) atoms. The molecule has 4 rings (SSSR count). The third-order valence-electron chi connectivity index (χ3n) is 7.30. The molecule has 4 aromatic rings. The summed E-state index contributed by atoms with van der Waals surface area (Å²) >= 11 is 0. The molecule has 12 N–H and O–H groups in total. The number of benzene rings is 4. The number of hydrogen-bond acceptors (Lipinski definition) is 15. The van der Waals surface area contributed by atoms with E-state index in [-0.39, 0.29) is 0 Å². The summed E-state index contributed by atoms with van der Waals surface area (Å²) in [6, 6.07) is 4.00. The molecule has 24 nitrogen and oxygen atoms in total. The first-order valence-electron chi connectivity index (χ1n) is 14.4. The summed E-state index contributed by atoms with van der Waals surface area (Å²) in [6.07, 6.45) is 0. The van der Waals surface area contributed by atoms with Gasteiger partial charge in [-0.25, -0.2) is 14.4 Å². The minimum atomic E-state index is -5.20. The average Bonchev–Trinajstić information content (AvgIpc) is 3.08. The number of nitrogens with one attached hydrogen (secondary N) is 3. The Kier molecular flexibility index (Phi) is 11.3. The molecule has 0 aliphatic rings. The summed E-state index contributed by atoms with van der Waals surface area (Å²) in [5.74, 6) is -14.2. The van der Waals surface area contributed by atoms with Gasteiger partial charge in [0, 0.05) is 16.7 Å². The monoisotopic (exact) mass is 855 g/mol. The molecule has 0 unspecified atom stereocenters. The molecule has 0 spiro atoms. The van der Waals surface area contributed by atoms with Gasteiger partial charge in [-0.1, -0.05) is 0 Å². The quantitative estimate of drug-likeness (QED) is 0.0707. The second-order valence-electron chi connectivity index (χ2n) is 11.1. The molecule has 3 amide bonds. The lowest BCUT2D eigenvalue weighted by Crippen LogP contribution is -2.20. The van der Waals surface area contributed by atoms with Crippen molar-refractivity contribution in [2.45, 2.75) is 14.7 Å². The van der Waals surface area contributed by atoms with Crippen molar-refractivity contribution >= 4 is 83.0 Å². The van der Waals surface area contributed by atoms with E-state index in [1.165, 1.54) is 0 Å². The number of aromatic hydroxyl groups is 3. The lowest BCUT2D eigenvalue weighted by Gasteiger charge is -2.15. The van der Waals surface area contributed by atoms with E-state index in [1.807, 2.05) is 16.0 Å². The highest BCUT2D eigenvalue weighted by molar-refractivity contribution is 7.86. The van der Waals surface area contributed by atoms with Crippen LogP contribution in [0, 0.1) is 0 Å². The molecule has 0 atom stereocenters. The summed E-state index contributed by atoms with van der Waals surface area (Å²) in [5.41, 5.74) is -8.97. The molecule has 0 radical (unpaired) electrons. The van der Waals surface area contributed by atoms with Gasteiger partial charge in [0.05, 0.1) is 31.7 Å². The Hall–Kier alpha value is -7.17. The Bertz CT molecular complexity index is 2500. The van der Waals surface area contributed by atoms with Crippen LogP contribution in [-0.4, -0.2) is 105 Å². The standard InChI is InChI=1S/C30H21N3O21S3/c34-22-16(28(40)41)4-13(55(46,47)48)7-19(22)31-25(37)10-1-11(26(38)32-20-8-14(56(49,50)51)5-17(23(20)35)29(42)43)3-12(2-10)27(39)33-21-9-15(57(52,53)54)6-18(24(21)36)30(44)45/h1-9,34-36H,(H,31,37)(H,32,38)(H,33,39)(H,40,41)(H,42,43)(H,44,45)(H,46,47,48)(H,49,50,51)(H,52,53,54). The number of carboxylic acids is 3. The van der Waals surface area contributed by atoms with Gasteiger partial charge in [0.1, 0.15) is 16.7 Å². The van der Waals surface area contributed by atoms with Gasteiger partial charge in [-0.3, -0.25) is 28.0 Å². The molecule has 300 valence electrons. The number of aromatic carboxylic acids is 3. The number of anilines is 3. The Morgan fingerprint density at radius 2 is 0.596 bits per heavy atom. The van der Waals surface area contributed by atoms with E-state index in [4.69, 9.17) is 0 Å². The van der Waals surface area contributed by atoms with Crippen LogP contribution in [0.15, 0.2) is 69.3 Å². The number of rotatable bonds is 12. The topological polar surface area (TPSA) is 423 Å². The van der Waals surface area contributed by atoms with E-state index >= 15 is 0 Å². The lowest BCUT2D eigenvalue weighted by molar-refractivity contribution is 0.0682. The molecule has 4 aromatic carbocycles. The van der Waals surface area contributed by atoms with Crippen LogP contribution in [0.2, 0.25) is 0 Å². The summed E-state index contributed by atoms with van der Waals surface area (Å²) in [6.45, 7) is 0. The Labute approximate surface area is 316 Å². The Morgan fingerprint density at radius 3 is 0.772 bits per heavy atom. The summed E-state index contributed by atoms with van der Waals surface area (Å²) in [7, 11) is -15.6. The van der Waals surface area contributed by atoms with E-state index in [0.717, 1.165) is 0 Å². The fourth-order valence-corrected chi connectivity index (χ4v) is 6.25. The van der Waals surface area contributed by atoms with Crippen LogP contribution in [0.5, 0.6) is 17.2 Å². The van der Waals surface area contributed by atoms with Crippen LogP contribution >= 0.6 is 0 Å². The number of carbonyl (C=O) groups is 6. The lowest BCUT2D eigenvalue weighted by atomic mass is 10.0. The van der Waals surface area contributed by atoms with Crippen LogP contribution < -0.4 is 16.0 Å². The van der Waals surface area contributed by atoms with Gasteiger partial charge >= 0.3 is 17.9 Å². The van der Waals surface area contributed by atoms with Crippen molar-refractivity contribution in [2.24, 2.45) is 0 Å². The molecule has 0 heterocycles. The van der Waals surface area contributed by atoms with E-state index in [0.29, 0.717) is 54.6 Å². The maximum Gasteiger partial charge on any atom is 0.339 e. The molecule has 0 bridgehead atoms. The van der Waals surface area contributed by atoms with Gasteiger partial charge in [0.15, 0.2) is 17.2 Å². The maximum atomic E-state index is 13.5. The molecular weight excluding hydrogens is 835 g/mol. The molecule has 0 saturated carbocycles. The van der Waals surface area contributed by atoms with Gasteiger partial charge in [0.25, 0.3) is 48.1 Å². The molecule has 0 fully saturated rings. The van der Waals surface area contributed by atoms with Gasteiger partial charge in [-0.05, 0) is 54.6 Å². The first-order chi connectivity index (χ1) is 26.1. The highest BCUT2D eigenvalue weighted by atomic mass is 32.2. The van der Waals surface area contributed by atoms with E-state index in [2.05, 4.69) is 0 Å². The number of carboxylic acid groups (broad SMARTS) is 3. The number of phenols is 3. The van der Waals surface area contributed by atoms with E-state index < -0.39 is 148 Å². The SMILES string of the molecule is O=C(Nc1cc(S(=O)(=O)O)cc(C(=O)O)c1O)c1cc(C(=O)Nc2cc(S(=O)(=O)O)cc(C(=O)O)c2O)cc(C(=O)Nc2cc(S(=O)(=O)O)cc(C(=O)O)c2O)c1. The number of hydrogen-bond donors (Lipinski definition) is 12. The van der Waals surface area contributed by atoms with Crippen LogP contribution in [0.4, 0.5) is 17.1 Å². The van der Waals surface area contributed by atoms with Crippen molar-refractivity contribution in [3.8, 4) is 17.2 Å². The highest BCUT2D eigenvalue weighted by Gasteiger charge is 2.27. The average molecular weight is 856 g/mol. The molecule has 0 aliphatic heterocycles. The third-order valence-corrected chi connectivity index (χ3v) is 9.79. The molecule has 0 aromatic heterocycles. The highest BCUT2D eigenvalue weighted by Crippen LogP contribution is 2.35. The van der Waals surface area contributed by atoms with Gasteiger partial charge in [0.2, 0.25) is 0 Å². The predicted molar refractivity (Wildman–Crippen MR) is 185 cm³/mol. The minimum Gasteiger partial charge on any atom is -0.505 e. The van der Waals surface area contributed by atoms with E-state index in [9.17, 15) is 98.3 Å². The normalized spacial score (nSPS) is 11.6. The van der Waals surface area contributed by atoms with Crippen LogP contribution in [-0.2, 0) is 30.4 Å². The van der Waals surface area contributed by atoms with Crippen molar-refractivity contribution in [1.29, 1.82) is 0 Å². The zero-order chi connectivity index (χ0) is 43.1. The van der Waals surface area contributed by atoms with Crippen LogP contribution in [0.3, 0.4) is 0 Å². The Balaban J connectivity index is 1.91. The predicted octanol–water partition coefficient (Wildman–Crippen LogP) is 1.40. The number of amides is 3. The summed E-state index contributed by atoms with van der Waals surface area (Å²) < 4.78 is 99.0. The second kappa shape index (κ2) is 15.2. The van der Waals surface area contributed by atoms with Crippen molar-refractivity contribution in [2.75, 3.05) is 16.0 Å². The zero-order valence-electron chi connectivity index (χ0n) is 27.3. The number of carbonyl (C=O) groups excluding carboxylic acids is 3. The Morgan fingerprint density at radius 1 is 0.386 bits per heavy atom.